The molecule has 0 spiro atoms. The van der Waals surface area contributed by atoms with E-state index in [-0.39, 0.29) is 17.4 Å². The normalized spacial score (nSPS) is 17.2. The van der Waals surface area contributed by atoms with E-state index in [0.29, 0.717) is 30.2 Å². The number of hydrogen-bond acceptors (Lipinski definition) is 6. The van der Waals surface area contributed by atoms with Gasteiger partial charge in [-0.1, -0.05) is 32.9 Å². The number of rotatable bonds is 13. The van der Waals surface area contributed by atoms with Gasteiger partial charge in [0.05, 0.1) is 24.3 Å². The van der Waals surface area contributed by atoms with E-state index in [9.17, 15) is 14.7 Å². The number of aliphatic hydroxyl groups is 1. The van der Waals surface area contributed by atoms with Gasteiger partial charge in [-0.05, 0) is 88.3 Å². The number of Topliss-reactive ketones (excluding diaryl/α,β-unsaturated/α-hetero) is 1. The van der Waals surface area contributed by atoms with Crippen molar-refractivity contribution in [2.24, 2.45) is 0 Å². The Morgan fingerprint density at radius 1 is 0.973 bits per heavy atom. The van der Waals surface area contributed by atoms with E-state index in [2.05, 4.69) is 18.7 Å². The van der Waals surface area contributed by atoms with Crippen LogP contribution in [0.2, 0.25) is 0 Å². The zero-order valence-corrected chi connectivity index (χ0v) is 22.7. The molecule has 3 rings (SSSR count). The number of aliphatic hydroxyl groups excluding tert-OH is 1. The summed E-state index contributed by atoms with van der Waals surface area (Å²) in [7, 11) is 0. The van der Waals surface area contributed by atoms with Gasteiger partial charge in [-0.25, -0.2) is 0 Å². The third-order valence-corrected chi connectivity index (χ3v) is 6.48. The quantitative estimate of drug-likeness (QED) is 0.221. The number of amides is 1. The summed E-state index contributed by atoms with van der Waals surface area (Å²) in [6.07, 6.45) is 1.64. The molecule has 1 N–H and O–H groups in total. The maximum Gasteiger partial charge on any atom is 0.295 e. The second-order valence-electron chi connectivity index (χ2n) is 9.48. The van der Waals surface area contributed by atoms with Gasteiger partial charge in [0.15, 0.2) is 0 Å². The molecule has 1 atom stereocenters. The Morgan fingerprint density at radius 3 is 2.16 bits per heavy atom. The van der Waals surface area contributed by atoms with E-state index in [1.807, 2.05) is 45.0 Å². The number of carbonyl (C=O) groups excluding carboxylic acids is 2. The van der Waals surface area contributed by atoms with Crippen LogP contribution in [0.3, 0.4) is 0 Å². The van der Waals surface area contributed by atoms with Gasteiger partial charge in [-0.2, -0.15) is 0 Å². The molecule has 7 heteroatoms. The summed E-state index contributed by atoms with van der Waals surface area (Å²) in [5.74, 6) is -0.0396. The van der Waals surface area contributed by atoms with E-state index >= 15 is 0 Å². The van der Waals surface area contributed by atoms with Crippen LogP contribution in [0, 0.1) is 0 Å². The zero-order chi connectivity index (χ0) is 26.9. The molecule has 2 aromatic rings. The summed E-state index contributed by atoms with van der Waals surface area (Å²) in [6.45, 7) is 13.8. The SMILES string of the molecule is CCCOc1ccc(C(O)=C2C(=O)C(=O)N(CCCN(CC)CC)C2c2ccc(OC(C)C)cc2)cc1. The molecule has 1 fully saturated rings. The van der Waals surface area contributed by atoms with Crippen molar-refractivity contribution in [3.8, 4) is 11.5 Å². The molecule has 0 aliphatic carbocycles. The molecule has 2 aromatic carbocycles. The number of likely N-dealkylation sites (tertiary alicyclic amines) is 1. The maximum atomic E-state index is 13.3. The van der Waals surface area contributed by atoms with Gasteiger partial charge in [0.1, 0.15) is 17.3 Å². The highest BCUT2D eigenvalue weighted by atomic mass is 16.5. The number of ketones is 1. The van der Waals surface area contributed by atoms with Crippen LogP contribution < -0.4 is 9.47 Å². The lowest BCUT2D eigenvalue weighted by Gasteiger charge is -2.27. The Kier molecular flexibility index (Phi) is 10.1. The van der Waals surface area contributed by atoms with E-state index in [4.69, 9.17) is 9.47 Å². The van der Waals surface area contributed by atoms with Crippen LogP contribution in [-0.2, 0) is 9.59 Å². The van der Waals surface area contributed by atoms with Gasteiger partial charge in [0.2, 0.25) is 0 Å². The second-order valence-corrected chi connectivity index (χ2v) is 9.48. The lowest BCUT2D eigenvalue weighted by atomic mass is 9.95. The van der Waals surface area contributed by atoms with Crippen molar-refractivity contribution in [1.82, 2.24) is 9.80 Å². The van der Waals surface area contributed by atoms with E-state index in [1.54, 1.807) is 29.2 Å². The lowest BCUT2D eigenvalue weighted by Crippen LogP contribution is -2.33. The minimum Gasteiger partial charge on any atom is -0.507 e. The highest BCUT2D eigenvalue weighted by Crippen LogP contribution is 2.40. The van der Waals surface area contributed by atoms with Crippen molar-refractivity contribution < 1.29 is 24.2 Å². The summed E-state index contributed by atoms with van der Waals surface area (Å²) in [4.78, 5) is 30.4. The number of ether oxygens (including phenoxy) is 2. The molecule has 1 unspecified atom stereocenters. The van der Waals surface area contributed by atoms with Crippen LogP contribution >= 0.6 is 0 Å². The Morgan fingerprint density at radius 2 is 1.59 bits per heavy atom. The Bertz CT molecular complexity index is 1070. The average Bonchev–Trinajstić information content (AvgIpc) is 3.15. The van der Waals surface area contributed by atoms with Gasteiger partial charge in [-0.15, -0.1) is 0 Å². The first kappa shape index (κ1) is 28.3. The molecule has 1 amide bonds. The van der Waals surface area contributed by atoms with Crippen molar-refractivity contribution in [2.45, 2.75) is 59.6 Å². The molecule has 0 bridgehead atoms. The van der Waals surface area contributed by atoms with Crippen LogP contribution in [0.15, 0.2) is 54.1 Å². The maximum absolute atomic E-state index is 13.3. The number of benzene rings is 2. The fraction of sp³-hybridized carbons (Fsp3) is 0.467. The standard InChI is InChI=1S/C30H40N2O5/c1-6-20-36-24-14-12-23(13-15-24)28(33)26-27(22-10-16-25(17-11-22)37-21(4)5)32(30(35)29(26)34)19-9-18-31(7-2)8-3/h10-17,21,27,33H,6-9,18-20H2,1-5H3. The highest BCUT2D eigenvalue weighted by molar-refractivity contribution is 6.46. The molecule has 200 valence electrons. The van der Waals surface area contributed by atoms with Crippen LogP contribution in [0.5, 0.6) is 11.5 Å². The zero-order valence-electron chi connectivity index (χ0n) is 22.7. The monoisotopic (exact) mass is 508 g/mol. The average molecular weight is 509 g/mol. The lowest BCUT2D eigenvalue weighted by molar-refractivity contribution is -0.140. The topological polar surface area (TPSA) is 79.3 Å². The molecule has 0 saturated carbocycles. The molecule has 7 nitrogen and oxygen atoms in total. The predicted molar refractivity (Wildman–Crippen MR) is 146 cm³/mol. The minimum atomic E-state index is -0.680. The van der Waals surface area contributed by atoms with Gasteiger partial charge in [0, 0.05) is 12.1 Å². The van der Waals surface area contributed by atoms with Gasteiger partial charge in [-0.3, -0.25) is 9.59 Å². The third kappa shape index (κ3) is 6.92. The molecular weight excluding hydrogens is 468 g/mol. The Hall–Kier alpha value is -3.32. The van der Waals surface area contributed by atoms with Crippen molar-refractivity contribution in [1.29, 1.82) is 0 Å². The van der Waals surface area contributed by atoms with E-state index in [0.717, 1.165) is 38.0 Å². The third-order valence-electron chi connectivity index (χ3n) is 6.48. The summed E-state index contributed by atoms with van der Waals surface area (Å²) in [5, 5.41) is 11.3. The summed E-state index contributed by atoms with van der Waals surface area (Å²) in [5.41, 5.74) is 1.32. The van der Waals surface area contributed by atoms with Gasteiger partial charge < -0.3 is 24.4 Å². The molecule has 1 saturated heterocycles. The first-order valence-corrected chi connectivity index (χ1v) is 13.3. The molecular formula is C30H40N2O5. The fourth-order valence-electron chi connectivity index (χ4n) is 4.55. The van der Waals surface area contributed by atoms with Crippen LogP contribution in [0.25, 0.3) is 5.76 Å². The van der Waals surface area contributed by atoms with Crippen molar-refractivity contribution in [3.63, 3.8) is 0 Å². The predicted octanol–water partition coefficient (Wildman–Crippen LogP) is 5.42. The molecule has 0 radical (unpaired) electrons. The molecule has 1 heterocycles. The van der Waals surface area contributed by atoms with Crippen molar-refractivity contribution in [3.05, 3.63) is 65.2 Å². The van der Waals surface area contributed by atoms with E-state index in [1.165, 1.54) is 0 Å². The molecule has 37 heavy (non-hydrogen) atoms. The van der Waals surface area contributed by atoms with Crippen molar-refractivity contribution >= 4 is 17.4 Å². The number of carbonyl (C=O) groups is 2. The van der Waals surface area contributed by atoms with Crippen LogP contribution in [0.4, 0.5) is 0 Å². The summed E-state index contributed by atoms with van der Waals surface area (Å²) >= 11 is 0. The first-order valence-electron chi connectivity index (χ1n) is 13.3. The Labute approximate surface area is 220 Å². The Balaban J connectivity index is 1.98. The smallest absolute Gasteiger partial charge is 0.295 e. The largest absolute Gasteiger partial charge is 0.507 e. The molecule has 1 aliphatic rings. The fourth-order valence-corrected chi connectivity index (χ4v) is 4.55. The molecule has 1 aliphatic heterocycles. The second kappa shape index (κ2) is 13.3. The molecule has 0 aromatic heterocycles. The van der Waals surface area contributed by atoms with Gasteiger partial charge >= 0.3 is 0 Å². The minimum absolute atomic E-state index is 0.0286. The van der Waals surface area contributed by atoms with Crippen molar-refractivity contribution in [2.75, 3.05) is 32.8 Å². The van der Waals surface area contributed by atoms with E-state index < -0.39 is 17.7 Å². The first-order chi connectivity index (χ1) is 17.8. The highest BCUT2D eigenvalue weighted by Gasteiger charge is 2.45. The number of hydrogen-bond donors (Lipinski definition) is 1. The van der Waals surface area contributed by atoms with Crippen LogP contribution in [0.1, 0.15) is 64.6 Å². The van der Waals surface area contributed by atoms with Gasteiger partial charge in [0.25, 0.3) is 11.7 Å². The number of nitrogens with zero attached hydrogens (tertiary/aromatic N) is 2. The summed E-state index contributed by atoms with van der Waals surface area (Å²) in [6, 6.07) is 13.7. The van der Waals surface area contributed by atoms with Crippen LogP contribution in [-0.4, -0.2) is 65.5 Å². The summed E-state index contributed by atoms with van der Waals surface area (Å²) < 4.78 is 11.4.